The Kier molecular flexibility index (Phi) is 22.9. The van der Waals surface area contributed by atoms with Gasteiger partial charge in [0.2, 0.25) is 0 Å². The normalized spacial score (nSPS) is 10.6. The zero-order chi connectivity index (χ0) is 74.2. The minimum Gasteiger partial charge on any atom is -0.378 e. The van der Waals surface area contributed by atoms with Crippen molar-refractivity contribution < 1.29 is 19.3 Å². The number of nitrogens with zero attached hydrogens (tertiary/aromatic N) is 3. The van der Waals surface area contributed by atoms with Crippen LogP contribution in [0.2, 0.25) is 0 Å². The molecule has 0 N–H and O–H groups in total. The van der Waals surface area contributed by atoms with Gasteiger partial charge in [0.05, 0.1) is 16.0 Å². The number of nitro groups is 1. The Hall–Kier alpha value is -12.7. The van der Waals surface area contributed by atoms with Crippen LogP contribution in [0.25, 0.3) is 27.5 Å². The van der Waals surface area contributed by atoms with Crippen LogP contribution in [-0.4, -0.2) is 47.0 Å². The third-order valence-electron chi connectivity index (χ3n) is 17.8. The Morgan fingerprint density at radius 3 is 0.897 bits per heavy atom. The number of non-ortho nitro benzene ring substituents is 1. The molecule has 0 saturated heterocycles. The predicted molar refractivity (Wildman–Crippen MR) is 446 cm³/mol. The molecule has 0 atom stereocenters. The van der Waals surface area contributed by atoms with Crippen LogP contribution in [0.1, 0.15) is 104 Å². The molecule has 12 heteroatoms. The number of anilines is 1. The van der Waals surface area contributed by atoms with E-state index in [0.29, 0.717) is 22.8 Å². The summed E-state index contributed by atoms with van der Waals surface area (Å²) in [7, 11) is 0.774. The third-order valence-corrected chi connectivity index (χ3v) is 25.3. The molecule has 0 aliphatic heterocycles. The number of carbonyl (C=O) groups is 3. The van der Waals surface area contributed by atoms with Crippen molar-refractivity contribution in [2.24, 2.45) is 0 Å². The van der Waals surface area contributed by atoms with Crippen LogP contribution in [0.4, 0.5) is 11.4 Å². The minimum atomic E-state index is -3.26. The molecule has 12 aromatic carbocycles. The second kappa shape index (κ2) is 33.8. The molecule has 8 nitrogen and oxygen atoms in total. The smallest absolute Gasteiger partial charge is 0.269 e. The van der Waals surface area contributed by atoms with Gasteiger partial charge in [0.15, 0.2) is 23.4 Å². The number of hydrogen-bond acceptors (Lipinski definition) is 9. The molecule has 1 aromatic heterocycles. The van der Waals surface area contributed by atoms with Crippen molar-refractivity contribution in [3.63, 3.8) is 0 Å². The van der Waals surface area contributed by atoms with Gasteiger partial charge in [-0.25, -0.2) is 0 Å². The van der Waals surface area contributed by atoms with Gasteiger partial charge in [-0.05, 0) is 219 Å². The summed E-state index contributed by atoms with van der Waals surface area (Å²) < 4.78 is 2.25. The molecule has 0 amide bonds. The maximum absolute atomic E-state index is 11.8. The van der Waals surface area contributed by atoms with E-state index in [4.69, 9.17) is 0 Å². The van der Waals surface area contributed by atoms with Gasteiger partial charge in [-0.1, -0.05) is 191 Å². The van der Waals surface area contributed by atoms with Gasteiger partial charge >= 0.3 is 0 Å². The average molecular weight is 1450 g/mol. The van der Waals surface area contributed by atoms with Crippen molar-refractivity contribution in [1.29, 1.82) is 0 Å². The third kappa shape index (κ3) is 18.3. The first kappa shape index (κ1) is 72.6. The first-order valence-electron chi connectivity index (χ1n) is 34.5. The zero-order valence-electron chi connectivity index (χ0n) is 59.3. The van der Waals surface area contributed by atoms with Crippen molar-refractivity contribution in [1.82, 2.24) is 4.57 Å². The Morgan fingerprint density at radius 2 is 0.607 bits per heavy atom. The quantitative estimate of drug-likeness (QED) is 0.0367. The Labute approximate surface area is 638 Å². The molecule has 0 aliphatic carbocycles. The van der Waals surface area contributed by atoms with Crippen LogP contribution in [0.5, 0.6) is 0 Å². The molecule has 0 aliphatic rings. The fraction of sp³-hybridized carbons (Fsp3) is 0.0842. The van der Waals surface area contributed by atoms with E-state index >= 15 is 0 Å². The molecule has 13 aromatic rings. The van der Waals surface area contributed by atoms with E-state index in [9.17, 15) is 24.5 Å². The van der Waals surface area contributed by atoms with Crippen molar-refractivity contribution in [3.8, 4) is 76.7 Å². The van der Waals surface area contributed by atoms with E-state index in [0.717, 1.165) is 132 Å². The van der Waals surface area contributed by atoms with Crippen molar-refractivity contribution in [3.05, 3.63) is 373 Å². The Bertz CT molecular complexity index is 5700. The first-order valence-corrected chi connectivity index (χ1v) is 39.4. The second-order valence-electron chi connectivity index (χ2n) is 25.6. The van der Waals surface area contributed by atoms with Crippen LogP contribution >= 0.6 is 35.3 Å². The van der Waals surface area contributed by atoms with Crippen LogP contribution in [0.15, 0.2) is 279 Å². The highest BCUT2D eigenvalue weighted by Gasteiger charge is 2.41. The molecule has 13 rings (SSSR count). The summed E-state index contributed by atoms with van der Waals surface area (Å²) in [5.74, 6) is 42.4. The van der Waals surface area contributed by atoms with Crippen LogP contribution in [0, 0.1) is 81.2 Å². The van der Waals surface area contributed by atoms with Gasteiger partial charge in [-0.15, -0.1) is 0 Å². The average Bonchev–Trinajstić information content (AvgIpc) is 1.24. The maximum atomic E-state index is 11.8. The molecule has 0 saturated carbocycles. The van der Waals surface area contributed by atoms with Crippen molar-refractivity contribution >= 4 is 113 Å². The number of benzene rings is 12. The van der Waals surface area contributed by atoms with E-state index in [1.165, 1.54) is 47.4 Å². The van der Waals surface area contributed by atoms with Crippen LogP contribution < -0.4 is 25.6 Å². The summed E-state index contributed by atoms with van der Waals surface area (Å²) >= 11 is 3.85. The highest BCUT2D eigenvalue weighted by molar-refractivity contribution is 8.13. The van der Waals surface area contributed by atoms with E-state index < -0.39 is 13.0 Å². The molecule has 514 valence electrons. The summed E-state index contributed by atoms with van der Waals surface area (Å²) in [5.41, 5.74) is 17.3. The van der Waals surface area contributed by atoms with Crippen LogP contribution in [0.3, 0.4) is 0 Å². The van der Waals surface area contributed by atoms with E-state index in [2.05, 4.69) is 244 Å². The van der Waals surface area contributed by atoms with Gasteiger partial charge < -0.3 is 9.47 Å². The summed E-state index contributed by atoms with van der Waals surface area (Å²) in [5, 5.41) is 18.1. The summed E-state index contributed by atoms with van der Waals surface area (Å²) in [4.78, 5) is 48.5. The second-order valence-corrected chi connectivity index (χ2v) is 32.9. The summed E-state index contributed by atoms with van der Waals surface area (Å²) in [6.07, 6.45) is 0. The molecule has 0 bridgehead atoms. The van der Waals surface area contributed by atoms with E-state index in [-0.39, 0.29) is 21.0 Å². The number of thioether (sulfide) groups is 3. The number of rotatable bonds is 13. The first-order chi connectivity index (χ1) is 52.0. The number of fused-ring (bicyclic) bond motifs is 3. The molecular formula is C95H67N3O5S3Si. The molecule has 0 spiro atoms. The molecular weight excluding hydrogens is 1390 g/mol. The summed E-state index contributed by atoms with van der Waals surface area (Å²) in [6.45, 7) is 4.75. The van der Waals surface area contributed by atoms with Gasteiger partial charge in [-0.2, -0.15) is 0 Å². The van der Waals surface area contributed by atoms with Gasteiger partial charge in [0.1, 0.15) is 0 Å². The summed E-state index contributed by atoms with van der Waals surface area (Å²) in [6, 6.07) is 94.1. The highest BCUT2D eigenvalue weighted by Crippen LogP contribution is 2.34. The molecule has 1 heterocycles. The monoisotopic (exact) mass is 1450 g/mol. The predicted octanol–water partition coefficient (Wildman–Crippen LogP) is 16.9. The Morgan fingerprint density at radius 1 is 0.346 bits per heavy atom. The lowest BCUT2D eigenvalue weighted by atomic mass is 10.1. The molecule has 0 unspecified atom stereocenters. The van der Waals surface area contributed by atoms with E-state index in [1.807, 2.05) is 105 Å². The number of carbonyl (C=O) groups excluding carboxylic acids is 3. The topological polar surface area (TPSA) is 103 Å². The fourth-order valence-electron chi connectivity index (χ4n) is 12.5. The maximum Gasteiger partial charge on any atom is 0.269 e. The van der Waals surface area contributed by atoms with Gasteiger partial charge in [0.25, 0.3) is 5.69 Å². The SMILES string of the molecule is CC(=O)SCc1cccc(C#Cc2ccc([Si](c3ccc(C#Cc4ccc(-n5c6ccc(C#Cc7ccc(N(C)C)cc7)cc6c6cc(C#Cc7ccc([N+](=O)[O-])cc7)ccc65)cc4)cc3)(c3ccc(C#Cc4cccc(CSC(C)=O)c4)cc3)c3ccc(C#Cc4cccc(CSC(C)=O)c4)cc3)cc2)c1. The van der Waals surface area contributed by atoms with Crippen molar-refractivity contribution in [2.75, 3.05) is 19.0 Å². The molecule has 0 radical (unpaired) electrons. The van der Waals surface area contributed by atoms with Crippen molar-refractivity contribution in [2.45, 2.75) is 38.0 Å². The standard InChI is InChI=1S/C95H67N3O5S3Si/c1-67(99)104-64-82-12-6-9-77(59-82)22-17-74-35-51-89(52-36-74)107(90-53-37-75(38-54-90)18-23-78-10-7-13-83(60-78)65-105-68(2)100,91-55-39-76(40-56-91)19-24-79-11-8-14-84(61-79)66-106-69(3)101)88-49-33-73(34-50-88)16-15-70-29-45-86(46-30-70)97-94-57-41-80(25-20-71-27-43-85(44-28-71)96(4)5)62-92(94)93-63-81(42-58-95(93)97)26-21-72-31-47-87(48-32-72)98(102)103/h6-14,27-63H,64-66H2,1-5H3. The lowest BCUT2D eigenvalue weighted by Crippen LogP contribution is -2.74. The number of aromatic nitrogens is 1. The minimum absolute atomic E-state index is 0.0135. The lowest BCUT2D eigenvalue weighted by Gasteiger charge is -2.34. The zero-order valence-corrected chi connectivity index (χ0v) is 62.7. The number of nitro benzene ring substituents is 1. The fourth-order valence-corrected chi connectivity index (χ4v) is 18.8. The van der Waals surface area contributed by atoms with Gasteiger partial charge in [0, 0.05) is 153 Å². The lowest BCUT2D eigenvalue weighted by molar-refractivity contribution is -0.384. The molecule has 0 fully saturated rings. The molecule has 107 heavy (non-hydrogen) atoms. The largest absolute Gasteiger partial charge is 0.378 e. The number of hydrogen-bond donors (Lipinski definition) is 0. The van der Waals surface area contributed by atoms with Gasteiger partial charge in [-0.3, -0.25) is 24.5 Å². The Balaban J connectivity index is 0.866. The van der Waals surface area contributed by atoms with Crippen LogP contribution in [-0.2, 0) is 31.6 Å². The highest BCUT2D eigenvalue weighted by atomic mass is 32.2. The van der Waals surface area contributed by atoms with E-state index in [1.54, 1.807) is 32.9 Å².